The lowest BCUT2D eigenvalue weighted by Crippen LogP contribution is -2.31. The van der Waals surface area contributed by atoms with Gasteiger partial charge in [-0.25, -0.2) is 0 Å². The van der Waals surface area contributed by atoms with Crippen molar-refractivity contribution in [3.8, 4) is 11.5 Å². The van der Waals surface area contributed by atoms with Gasteiger partial charge in [-0.1, -0.05) is 48.0 Å². The fourth-order valence-corrected chi connectivity index (χ4v) is 4.54. The molecule has 0 radical (unpaired) electrons. The Bertz CT molecular complexity index is 1310. The Balaban J connectivity index is 1.75. The number of likely N-dealkylation sites (tertiary alicyclic amines) is 1. The number of methoxy groups -OCH3 is 1. The van der Waals surface area contributed by atoms with E-state index in [9.17, 15) is 14.7 Å². The molecule has 1 N–H and O–H groups in total. The van der Waals surface area contributed by atoms with Gasteiger partial charge in [0.05, 0.1) is 18.2 Å². The van der Waals surface area contributed by atoms with Crippen molar-refractivity contribution in [2.24, 2.45) is 0 Å². The van der Waals surface area contributed by atoms with Crippen molar-refractivity contribution >= 4 is 29.1 Å². The average Bonchev–Trinajstić information content (AvgIpc) is 3.18. The zero-order chi connectivity index (χ0) is 27.1. The molecule has 4 rings (SSSR count). The number of rotatable bonds is 11. The molecule has 8 heteroatoms. The number of halogens is 1. The van der Waals surface area contributed by atoms with Gasteiger partial charge < -0.3 is 24.2 Å². The third-order valence-electron chi connectivity index (χ3n) is 6.23. The van der Waals surface area contributed by atoms with Crippen LogP contribution in [0, 0.1) is 0 Å². The summed E-state index contributed by atoms with van der Waals surface area (Å²) in [6.45, 7) is 3.31. The summed E-state index contributed by atoms with van der Waals surface area (Å²) < 4.78 is 17.1. The summed E-state index contributed by atoms with van der Waals surface area (Å²) in [5.41, 5.74) is 2.03. The maximum absolute atomic E-state index is 13.2. The molecule has 0 spiro atoms. The fraction of sp³-hybridized carbons (Fsp3) is 0.267. The highest BCUT2D eigenvalue weighted by molar-refractivity contribution is 6.46. The molecule has 0 saturated carbocycles. The Labute approximate surface area is 227 Å². The topological polar surface area (TPSA) is 85.3 Å². The first-order chi connectivity index (χ1) is 18.4. The third kappa shape index (κ3) is 6.01. The lowest BCUT2D eigenvalue weighted by molar-refractivity contribution is -0.140. The van der Waals surface area contributed by atoms with Gasteiger partial charge in [-0.05, 0) is 60.9 Å². The van der Waals surface area contributed by atoms with Crippen molar-refractivity contribution < 1.29 is 28.9 Å². The first-order valence-corrected chi connectivity index (χ1v) is 12.8. The molecule has 0 aromatic heterocycles. The fourth-order valence-electron chi connectivity index (χ4n) is 4.42. The van der Waals surface area contributed by atoms with Gasteiger partial charge >= 0.3 is 0 Å². The predicted molar refractivity (Wildman–Crippen MR) is 145 cm³/mol. The molecule has 1 aliphatic heterocycles. The van der Waals surface area contributed by atoms with Crippen LogP contribution in [0.4, 0.5) is 0 Å². The molecule has 1 atom stereocenters. The van der Waals surface area contributed by atoms with Crippen molar-refractivity contribution in [3.63, 3.8) is 0 Å². The van der Waals surface area contributed by atoms with E-state index in [2.05, 4.69) is 0 Å². The highest BCUT2D eigenvalue weighted by Crippen LogP contribution is 2.42. The van der Waals surface area contributed by atoms with E-state index in [0.29, 0.717) is 53.9 Å². The van der Waals surface area contributed by atoms with Crippen LogP contribution in [0.5, 0.6) is 11.5 Å². The minimum absolute atomic E-state index is 0.00939. The van der Waals surface area contributed by atoms with Gasteiger partial charge in [-0.3, -0.25) is 9.59 Å². The molecule has 1 heterocycles. The zero-order valence-electron chi connectivity index (χ0n) is 21.4. The first kappa shape index (κ1) is 27.2. The number of aliphatic hydroxyl groups is 1. The van der Waals surface area contributed by atoms with Crippen molar-refractivity contribution in [1.82, 2.24) is 4.90 Å². The van der Waals surface area contributed by atoms with Crippen LogP contribution in [-0.4, -0.2) is 48.6 Å². The standard InChI is InChI=1S/C30H30ClNO6/c1-3-37-25-18-22(12-15-24(25)38-19-20-8-5-4-6-9-20)27-26(28(33)21-10-13-23(31)14-11-21)29(34)30(35)32(27)16-7-17-36-2/h4-6,8-15,18,27,33H,3,7,16-17,19H2,1-2H3/b28-26+. The normalized spacial score (nSPS) is 16.6. The number of carbonyl (C=O) groups excluding carboxylic acids is 2. The van der Waals surface area contributed by atoms with E-state index in [-0.39, 0.29) is 17.9 Å². The first-order valence-electron chi connectivity index (χ1n) is 12.4. The van der Waals surface area contributed by atoms with Gasteiger partial charge in [0, 0.05) is 30.8 Å². The number of hydrogen-bond acceptors (Lipinski definition) is 6. The largest absolute Gasteiger partial charge is 0.507 e. The smallest absolute Gasteiger partial charge is 0.295 e. The zero-order valence-corrected chi connectivity index (χ0v) is 22.1. The van der Waals surface area contributed by atoms with Crippen LogP contribution in [0.25, 0.3) is 5.76 Å². The van der Waals surface area contributed by atoms with Crippen LogP contribution in [0.3, 0.4) is 0 Å². The van der Waals surface area contributed by atoms with Crippen molar-refractivity contribution in [3.05, 3.63) is 100 Å². The van der Waals surface area contributed by atoms with Crippen LogP contribution >= 0.6 is 11.6 Å². The number of Topliss-reactive ketones (excluding diaryl/α,β-unsaturated/α-hetero) is 1. The van der Waals surface area contributed by atoms with Crippen LogP contribution in [0.1, 0.15) is 36.1 Å². The molecular formula is C30H30ClNO6. The molecule has 38 heavy (non-hydrogen) atoms. The minimum Gasteiger partial charge on any atom is -0.507 e. The molecule has 1 amide bonds. The molecule has 1 aliphatic rings. The summed E-state index contributed by atoms with van der Waals surface area (Å²) in [5.74, 6) is -0.670. The summed E-state index contributed by atoms with van der Waals surface area (Å²) in [7, 11) is 1.58. The summed E-state index contributed by atoms with van der Waals surface area (Å²) in [6.07, 6.45) is 0.525. The van der Waals surface area contributed by atoms with Crippen molar-refractivity contribution in [2.75, 3.05) is 26.9 Å². The number of carbonyl (C=O) groups is 2. The molecule has 1 unspecified atom stereocenters. The molecule has 3 aromatic carbocycles. The van der Waals surface area contributed by atoms with Crippen LogP contribution in [0.2, 0.25) is 5.02 Å². The molecule has 3 aromatic rings. The van der Waals surface area contributed by atoms with E-state index < -0.39 is 17.7 Å². The Morgan fingerprint density at radius 1 is 0.974 bits per heavy atom. The average molecular weight is 536 g/mol. The summed E-state index contributed by atoms with van der Waals surface area (Å²) >= 11 is 6.01. The van der Waals surface area contributed by atoms with E-state index in [1.807, 2.05) is 37.3 Å². The number of nitrogens with zero attached hydrogens (tertiary/aromatic N) is 1. The van der Waals surface area contributed by atoms with E-state index >= 15 is 0 Å². The molecule has 1 saturated heterocycles. The summed E-state index contributed by atoms with van der Waals surface area (Å²) in [5, 5.41) is 11.7. The number of benzene rings is 3. The maximum atomic E-state index is 13.2. The molecule has 0 aliphatic carbocycles. The van der Waals surface area contributed by atoms with Crippen molar-refractivity contribution in [2.45, 2.75) is 26.0 Å². The summed E-state index contributed by atoms with van der Waals surface area (Å²) in [6, 6.07) is 20.7. The second-order valence-electron chi connectivity index (χ2n) is 8.76. The van der Waals surface area contributed by atoms with E-state index in [1.165, 1.54) is 4.90 Å². The molecule has 0 bridgehead atoms. The minimum atomic E-state index is -0.815. The number of hydrogen-bond donors (Lipinski definition) is 1. The number of aliphatic hydroxyl groups excluding tert-OH is 1. The van der Waals surface area contributed by atoms with Gasteiger partial charge in [-0.2, -0.15) is 0 Å². The Morgan fingerprint density at radius 2 is 1.71 bits per heavy atom. The van der Waals surface area contributed by atoms with Gasteiger partial charge in [0.1, 0.15) is 12.4 Å². The molecular weight excluding hydrogens is 506 g/mol. The van der Waals surface area contributed by atoms with Gasteiger partial charge in [0.15, 0.2) is 11.5 Å². The highest BCUT2D eigenvalue weighted by Gasteiger charge is 2.46. The van der Waals surface area contributed by atoms with Crippen molar-refractivity contribution in [1.29, 1.82) is 0 Å². The highest BCUT2D eigenvalue weighted by atomic mass is 35.5. The maximum Gasteiger partial charge on any atom is 0.295 e. The number of ether oxygens (including phenoxy) is 3. The molecule has 1 fully saturated rings. The van der Waals surface area contributed by atoms with E-state index in [1.54, 1.807) is 49.6 Å². The number of ketones is 1. The number of amides is 1. The second kappa shape index (κ2) is 12.6. The van der Waals surface area contributed by atoms with Gasteiger partial charge in [-0.15, -0.1) is 0 Å². The van der Waals surface area contributed by atoms with Gasteiger partial charge in [0.2, 0.25) is 0 Å². The Morgan fingerprint density at radius 3 is 2.39 bits per heavy atom. The molecule has 198 valence electrons. The van der Waals surface area contributed by atoms with E-state index in [0.717, 1.165) is 5.56 Å². The quantitative estimate of drug-likeness (QED) is 0.145. The Kier molecular flexibility index (Phi) is 9.05. The monoisotopic (exact) mass is 535 g/mol. The van der Waals surface area contributed by atoms with E-state index in [4.69, 9.17) is 25.8 Å². The van der Waals surface area contributed by atoms with Gasteiger partial charge in [0.25, 0.3) is 11.7 Å². The predicted octanol–water partition coefficient (Wildman–Crippen LogP) is 5.78. The summed E-state index contributed by atoms with van der Waals surface area (Å²) in [4.78, 5) is 27.8. The molecule has 7 nitrogen and oxygen atoms in total. The SMILES string of the molecule is CCOc1cc(C2/C(=C(\O)c3ccc(Cl)cc3)C(=O)C(=O)N2CCCOC)ccc1OCc1ccccc1. The second-order valence-corrected chi connectivity index (χ2v) is 9.20. The lowest BCUT2D eigenvalue weighted by atomic mass is 9.95. The third-order valence-corrected chi connectivity index (χ3v) is 6.48. The van der Waals surface area contributed by atoms with Crippen LogP contribution in [-0.2, 0) is 20.9 Å². The lowest BCUT2D eigenvalue weighted by Gasteiger charge is -2.26. The van der Waals surface area contributed by atoms with Crippen LogP contribution in [0.15, 0.2) is 78.4 Å². The van der Waals surface area contributed by atoms with Crippen LogP contribution < -0.4 is 9.47 Å². The Hall–Kier alpha value is -3.81.